The van der Waals surface area contributed by atoms with Crippen molar-refractivity contribution in [2.24, 2.45) is 0 Å². The number of hydrogen-bond donors (Lipinski definition) is 1. The molecule has 0 unspecified atom stereocenters. The van der Waals surface area contributed by atoms with Gasteiger partial charge in [-0.15, -0.1) is 0 Å². The molecule has 0 saturated carbocycles. The summed E-state index contributed by atoms with van der Waals surface area (Å²) in [6.45, 7) is 5.86. The standard InChI is InChI=1S/C22H22N2O4/c1-4-27-22(26)16-9-11-17(12-10-16)23-20(25)13-19-15(3)28-21(24-19)18-8-6-5-7-14(18)2/h5-12H,4,13H2,1-3H3,(H,23,25). The summed E-state index contributed by atoms with van der Waals surface area (Å²) in [7, 11) is 0. The molecule has 6 nitrogen and oxygen atoms in total. The number of benzene rings is 2. The number of anilines is 1. The average Bonchev–Trinajstić information content (AvgIpc) is 3.03. The van der Waals surface area contributed by atoms with Gasteiger partial charge in [-0.1, -0.05) is 18.2 Å². The van der Waals surface area contributed by atoms with Crippen LogP contribution in [0.1, 0.15) is 34.3 Å². The van der Waals surface area contributed by atoms with Crippen LogP contribution in [0.4, 0.5) is 5.69 Å². The monoisotopic (exact) mass is 378 g/mol. The largest absolute Gasteiger partial charge is 0.462 e. The third-order valence-corrected chi connectivity index (χ3v) is 4.28. The number of esters is 1. The van der Waals surface area contributed by atoms with Crippen LogP contribution < -0.4 is 5.32 Å². The molecule has 28 heavy (non-hydrogen) atoms. The number of amides is 1. The summed E-state index contributed by atoms with van der Waals surface area (Å²) < 4.78 is 10.7. The fourth-order valence-electron chi connectivity index (χ4n) is 2.78. The molecule has 1 N–H and O–H groups in total. The minimum absolute atomic E-state index is 0.0981. The van der Waals surface area contributed by atoms with E-state index in [9.17, 15) is 9.59 Å². The number of ether oxygens (including phenoxy) is 1. The van der Waals surface area contributed by atoms with E-state index in [1.165, 1.54) is 0 Å². The summed E-state index contributed by atoms with van der Waals surface area (Å²) in [6.07, 6.45) is 0.0981. The Kier molecular flexibility index (Phi) is 5.89. The van der Waals surface area contributed by atoms with E-state index in [-0.39, 0.29) is 18.3 Å². The zero-order valence-electron chi connectivity index (χ0n) is 16.1. The summed E-state index contributed by atoms with van der Waals surface area (Å²) in [4.78, 5) is 28.5. The van der Waals surface area contributed by atoms with Crippen molar-refractivity contribution in [1.82, 2.24) is 4.98 Å². The number of carbonyl (C=O) groups is 2. The Morgan fingerprint density at radius 1 is 1.07 bits per heavy atom. The second kappa shape index (κ2) is 8.52. The summed E-state index contributed by atoms with van der Waals surface area (Å²) in [5.41, 5.74) is 3.60. The van der Waals surface area contributed by atoms with E-state index in [0.717, 1.165) is 11.1 Å². The Bertz CT molecular complexity index is 990. The first-order chi connectivity index (χ1) is 13.5. The van der Waals surface area contributed by atoms with E-state index in [0.29, 0.717) is 35.2 Å². The van der Waals surface area contributed by atoms with Crippen LogP contribution in [0.5, 0.6) is 0 Å². The van der Waals surface area contributed by atoms with E-state index in [1.807, 2.05) is 31.2 Å². The number of aryl methyl sites for hydroxylation is 2. The molecule has 6 heteroatoms. The molecule has 0 aliphatic rings. The van der Waals surface area contributed by atoms with Gasteiger partial charge in [-0.3, -0.25) is 4.79 Å². The maximum atomic E-state index is 12.4. The topological polar surface area (TPSA) is 81.4 Å². The number of nitrogens with one attached hydrogen (secondary N) is 1. The van der Waals surface area contributed by atoms with Crippen LogP contribution in [0, 0.1) is 13.8 Å². The second-order valence-corrected chi connectivity index (χ2v) is 6.36. The number of nitrogens with zero attached hydrogens (tertiary/aromatic N) is 1. The minimum atomic E-state index is -0.387. The van der Waals surface area contributed by atoms with Gasteiger partial charge >= 0.3 is 5.97 Å². The van der Waals surface area contributed by atoms with E-state index >= 15 is 0 Å². The normalized spacial score (nSPS) is 10.5. The van der Waals surface area contributed by atoms with Crippen molar-refractivity contribution in [1.29, 1.82) is 0 Å². The molecule has 1 amide bonds. The summed E-state index contributed by atoms with van der Waals surface area (Å²) in [6, 6.07) is 14.4. The highest BCUT2D eigenvalue weighted by Crippen LogP contribution is 2.25. The van der Waals surface area contributed by atoms with Crippen LogP contribution in [0.3, 0.4) is 0 Å². The quantitative estimate of drug-likeness (QED) is 0.646. The van der Waals surface area contributed by atoms with Crippen LogP contribution in [0.15, 0.2) is 52.9 Å². The van der Waals surface area contributed by atoms with Gasteiger partial charge in [0.2, 0.25) is 11.8 Å². The van der Waals surface area contributed by atoms with E-state index < -0.39 is 0 Å². The molecule has 3 aromatic rings. The average molecular weight is 378 g/mol. The van der Waals surface area contributed by atoms with E-state index in [1.54, 1.807) is 38.1 Å². The smallest absolute Gasteiger partial charge is 0.338 e. The zero-order chi connectivity index (χ0) is 20.1. The molecule has 1 aromatic heterocycles. The summed E-state index contributed by atoms with van der Waals surface area (Å²) >= 11 is 0. The molecule has 0 spiro atoms. The first-order valence-corrected chi connectivity index (χ1v) is 9.07. The maximum absolute atomic E-state index is 12.4. The Balaban J connectivity index is 1.67. The van der Waals surface area contributed by atoms with Crippen molar-refractivity contribution in [3.8, 4) is 11.5 Å². The molecule has 0 bridgehead atoms. The molecule has 0 atom stereocenters. The molecule has 3 rings (SSSR count). The van der Waals surface area contributed by atoms with Gasteiger partial charge in [0, 0.05) is 11.3 Å². The third kappa shape index (κ3) is 4.46. The SMILES string of the molecule is CCOC(=O)c1ccc(NC(=O)Cc2nc(-c3ccccc3C)oc2C)cc1. The lowest BCUT2D eigenvalue weighted by Gasteiger charge is -2.06. The first kappa shape index (κ1) is 19.4. The molecule has 0 aliphatic carbocycles. The van der Waals surface area contributed by atoms with Gasteiger partial charge in [0.25, 0.3) is 0 Å². The molecule has 144 valence electrons. The predicted octanol–water partition coefficient (Wildman–Crippen LogP) is 4.32. The Labute approximate surface area is 163 Å². The van der Waals surface area contributed by atoms with Crippen LogP contribution in [-0.2, 0) is 16.0 Å². The Morgan fingerprint density at radius 2 is 1.79 bits per heavy atom. The lowest BCUT2D eigenvalue weighted by Crippen LogP contribution is -2.15. The maximum Gasteiger partial charge on any atom is 0.338 e. The van der Waals surface area contributed by atoms with Crippen molar-refractivity contribution < 1.29 is 18.7 Å². The molecule has 0 fully saturated rings. The molecular weight excluding hydrogens is 356 g/mol. The molecular formula is C22H22N2O4. The van der Waals surface area contributed by atoms with Crippen molar-refractivity contribution in [2.45, 2.75) is 27.2 Å². The number of rotatable bonds is 6. The van der Waals surface area contributed by atoms with Gasteiger partial charge in [-0.05, 0) is 56.7 Å². The van der Waals surface area contributed by atoms with Gasteiger partial charge in [-0.25, -0.2) is 9.78 Å². The highest BCUT2D eigenvalue weighted by molar-refractivity contribution is 5.94. The van der Waals surface area contributed by atoms with Gasteiger partial charge < -0.3 is 14.5 Å². The number of aromatic nitrogens is 1. The Hall–Kier alpha value is -3.41. The summed E-state index contributed by atoms with van der Waals surface area (Å²) in [5, 5.41) is 2.80. The van der Waals surface area contributed by atoms with Crippen molar-refractivity contribution in [3.63, 3.8) is 0 Å². The predicted molar refractivity (Wildman–Crippen MR) is 106 cm³/mol. The van der Waals surface area contributed by atoms with Crippen LogP contribution in [0.2, 0.25) is 0 Å². The highest BCUT2D eigenvalue weighted by Gasteiger charge is 2.16. The second-order valence-electron chi connectivity index (χ2n) is 6.36. The lowest BCUT2D eigenvalue weighted by atomic mass is 10.1. The van der Waals surface area contributed by atoms with Crippen molar-refractivity contribution >= 4 is 17.6 Å². The minimum Gasteiger partial charge on any atom is -0.462 e. The van der Waals surface area contributed by atoms with E-state index in [4.69, 9.17) is 9.15 Å². The molecule has 0 radical (unpaired) electrons. The molecule has 0 aliphatic heterocycles. The van der Waals surface area contributed by atoms with Crippen molar-refractivity contribution in [3.05, 3.63) is 71.1 Å². The molecule has 0 saturated heterocycles. The molecule has 2 aromatic carbocycles. The fourth-order valence-corrected chi connectivity index (χ4v) is 2.78. The Morgan fingerprint density at radius 3 is 2.46 bits per heavy atom. The highest BCUT2D eigenvalue weighted by atomic mass is 16.5. The number of hydrogen-bond acceptors (Lipinski definition) is 5. The van der Waals surface area contributed by atoms with Gasteiger partial charge in [-0.2, -0.15) is 0 Å². The van der Waals surface area contributed by atoms with Gasteiger partial charge in [0.05, 0.1) is 24.3 Å². The molecule has 1 heterocycles. The van der Waals surface area contributed by atoms with Crippen LogP contribution in [-0.4, -0.2) is 23.5 Å². The van der Waals surface area contributed by atoms with Gasteiger partial charge in [0.1, 0.15) is 5.76 Å². The lowest BCUT2D eigenvalue weighted by molar-refractivity contribution is -0.115. The van der Waals surface area contributed by atoms with Gasteiger partial charge in [0.15, 0.2) is 0 Å². The fraction of sp³-hybridized carbons (Fsp3) is 0.227. The van der Waals surface area contributed by atoms with E-state index in [2.05, 4.69) is 10.3 Å². The first-order valence-electron chi connectivity index (χ1n) is 9.07. The third-order valence-electron chi connectivity index (χ3n) is 4.28. The van der Waals surface area contributed by atoms with Crippen molar-refractivity contribution in [2.75, 3.05) is 11.9 Å². The zero-order valence-corrected chi connectivity index (χ0v) is 16.1. The van der Waals surface area contributed by atoms with Crippen LogP contribution >= 0.6 is 0 Å². The number of oxazole rings is 1. The number of carbonyl (C=O) groups excluding carboxylic acids is 2. The van der Waals surface area contributed by atoms with Crippen LogP contribution in [0.25, 0.3) is 11.5 Å². The summed E-state index contributed by atoms with van der Waals surface area (Å²) in [5.74, 6) is 0.530.